The molecule has 2 aromatic rings. The van der Waals surface area contributed by atoms with Gasteiger partial charge >= 0.3 is 0 Å². The first-order chi connectivity index (χ1) is 8.47. The van der Waals surface area contributed by atoms with Crippen molar-refractivity contribution >= 4 is 11.9 Å². The summed E-state index contributed by atoms with van der Waals surface area (Å²) in [7, 11) is 0. The van der Waals surface area contributed by atoms with Crippen molar-refractivity contribution in [3.8, 4) is 0 Å². The van der Waals surface area contributed by atoms with Crippen molar-refractivity contribution in [3.05, 3.63) is 24.0 Å². The Morgan fingerprint density at radius 2 is 2.11 bits per heavy atom. The number of hydrogen-bond acceptors (Lipinski definition) is 6. The Labute approximate surface area is 103 Å². The molecular weight excluding hydrogens is 234 g/mol. The topological polar surface area (TPSA) is 109 Å². The van der Waals surface area contributed by atoms with Gasteiger partial charge in [-0.3, -0.25) is 15.2 Å². The van der Waals surface area contributed by atoms with Crippen molar-refractivity contribution < 1.29 is 4.79 Å². The molecule has 0 saturated heterocycles. The monoisotopic (exact) mass is 247 g/mol. The molecule has 94 valence electrons. The lowest BCUT2D eigenvalue weighted by atomic mass is 9.96. The van der Waals surface area contributed by atoms with Crippen molar-refractivity contribution in [1.82, 2.24) is 30.4 Å². The summed E-state index contributed by atoms with van der Waals surface area (Å²) in [4.78, 5) is 19.7. The second-order valence-corrected chi connectivity index (χ2v) is 4.68. The predicted molar refractivity (Wildman–Crippen MR) is 62.9 cm³/mol. The van der Waals surface area contributed by atoms with Crippen LogP contribution in [-0.4, -0.2) is 36.3 Å². The van der Waals surface area contributed by atoms with Gasteiger partial charge in [-0.15, -0.1) is 10.2 Å². The summed E-state index contributed by atoms with van der Waals surface area (Å²) in [5.74, 6) is 0.325. The Morgan fingerprint density at radius 1 is 1.33 bits per heavy atom. The summed E-state index contributed by atoms with van der Waals surface area (Å²) in [6.07, 6.45) is 2.85. The minimum absolute atomic E-state index is 0.0485. The van der Waals surface area contributed by atoms with Crippen LogP contribution in [0.25, 0.3) is 0 Å². The molecule has 0 aliphatic heterocycles. The number of hydrogen-bond donors (Lipinski definition) is 2. The van der Waals surface area contributed by atoms with Gasteiger partial charge in [-0.2, -0.15) is 5.10 Å². The fourth-order valence-corrected chi connectivity index (χ4v) is 1.16. The van der Waals surface area contributed by atoms with E-state index in [1.54, 1.807) is 0 Å². The van der Waals surface area contributed by atoms with Crippen LogP contribution >= 0.6 is 0 Å². The van der Waals surface area contributed by atoms with Crippen molar-refractivity contribution in [2.45, 2.75) is 26.2 Å². The second kappa shape index (κ2) is 4.47. The van der Waals surface area contributed by atoms with Crippen molar-refractivity contribution in [2.75, 3.05) is 5.32 Å². The summed E-state index contributed by atoms with van der Waals surface area (Å²) in [6, 6.07) is 0. The minimum atomic E-state index is -0.477. The normalized spacial score (nSPS) is 11.3. The second-order valence-electron chi connectivity index (χ2n) is 4.68. The van der Waals surface area contributed by atoms with Gasteiger partial charge in [-0.25, -0.2) is 9.97 Å². The average Bonchev–Trinajstić information content (AvgIpc) is 2.79. The van der Waals surface area contributed by atoms with Crippen LogP contribution in [0.5, 0.6) is 0 Å². The Balaban J connectivity index is 2.13. The molecule has 8 nitrogen and oxygen atoms in total. The van der Waals surface area contributed by atoms with E-state index in [0.717, 1.165) is 0 Å². The first-order valence-corrected chi connectivity index (χ1v) is 5.35. The van der Waals surface area contributed by atoms with E-state index in [-0.39, 0.29) is 17.2 Å². The average molecular weight is 247 g/mol. The number of anilines is 1. The van der Waals surface area contributed by atoms with Gasteiger partial charge in [0.05, 0.1) is 12.4 Å². The van der Waals surface area contributed by atoms with E-state index in [2.05, 4.69) is 35.7 Å². The molecule has 2 N–H and O–H groups in total. The van der Waals surface area contributed by atoms with Crippen molar-refractivity contribution in [1.29, 1.82) is 0 Å². The molecule has 8 heteroatoms. The number of rotatable bonds is 2. The highest BCUT2D eigenvalue weighted by Crippen LogP contribution is 2.17. The van der Waals surface area contributed by atoms with E-state index >= 15 is 0 Å². The minimum Gasteiger partial charge on any atom is -0.286 e. The summed E-state index contributed by atoms with van der Waals surface area (Å²) in [6.45, 7) is 5.91. The zero-order valence-electron chi connectivity index (χ0n) is 10.3. The third-order valence-electron chi connectivity index (χ3n) is 2.11. The first-order valence-electron chi connectivity index (χ1n) is 5.35. The van der Waals surface area contributed by atoms with Crippen LogP contribution in [0, 0.1) is 0 Å². The number of carbonyl (C=O) groups excluding carboxylic acids is 1. The fourth-order valence-electron chi connectivity index (χ4n) is 1.16. The van der Waals surface area contributed by atoms with Crippen molar-refractivity contribution in [3.63, 3.8) is 0 Å². The third-order valence-corrected chi connectivity index (χ3v) is 2.11. The van der Waals surface area contributed by atoms with Crippen LogP contribution in [0.2, 0.25) is 0 Å². The molecule has 0 bridgehead atoms. The van der Waals surface area contributed by atoms with Crippen LogP contribution < -0.4 is 5.32 Å². The van der Waals surface area contributed by atoms with Crippen LogP contribution in [0.4, 0.5) is 5.95 Å². The molecule has 2 aromatic heterocycles. The molecule has 0 radical (unpaired) electrons. The van der Waals surface area contributed by atoms with E-state index in [4.69, 9.17) is 0 Å². The number of nitrogens with one attached hydrogen (secondary N) is 2. The van der Waals surface area contributed by atoms with Gasteiger partial charge in [-0.1, -0.05) is 20.8 Å². The molecule has 1 amide bonds. The van der Waals surface area contributed by atoms with Gasteiger partial charge in [-0.05, 0) is 0 Å². The molecule has 0 aliphatic carbocycles. The van der Waals surface area contributed by atoms with Crippen LogP contribution in [0.15, 0.2) is 12.4 Å². The Bertz CT molecular complexity index is 543. The van der Waals surface area contributed by atoms with E-state index in [9.17, 15) is 4.79 Å². The first kappa shape index (κ1) is 12.1. The molecule has 0 spiro atoms. The van der Waals surface area contributed by atoms with Crippen LogP contribution in [0.3, 0.4) is 0 Å². The largest absolute Gasteiger partial charge is 0.297 e. The molecule has 18 heavy (non-hydrogen) atoms. The van der Waals surface area contributed by atoms with Crippen molar-refractivity contribution in [2.24, 2.45) is 0 Å². The number of nitrogens with zero attached hydrogens (tertiary/aromatic N) is 5. The Morgan fingerprint density at radius 3 is 2.67 bits per heavy atom. The molecule has 0 fully saturated rings. The number of H-pyrrole nitrogens is 1. The molecule has 2 rings (SSSR count). The maximum Gasteiger partial charge on any atom is 0.297 e. The van der Waals surface area contributed by atoms with Gasteiger partial charge in [0.15, 0.2) is 0 Å². The Kier molecular flexibility index (Phi) is 3.00. The van der Waals surface area contributed by atoms with Gasteiger partial charge in [0.2, 0.25) is 11.8 Å². The highest BCUT2D eigenvalue weighted by molar-refractivity contribution is 6.00. The molecule has 0 atom stereocenters. The van der Waals surface area contributed by atoms with Gasteiger partial charge in [0.25, 0.3) is 5.91 Å². The number of amides is 1. The Hall–Kier alpha value is -2.38. The van der Waals surface area contributed by atoms with Crippen LogP contribution in [-0.2, 0) is 5.41 Å². The van der Waals surface area contributed by atoms with Gasteiger partial charge < -0.3 is 0 Å². The highest BCUT2D eigenvalue weighted by atomic mass is 16.2. The summed E-state index contributed by atoms with van der Waals surface area (Å²) in [5, 5.41) is 16.3. The highest BCUT2D eigenvalue weighted by Gasteiger charge is 2.21. The van der Waals surface area contributed by atoms with E-state index < -0.39 is 5.91 Å². The molecule has 0 aliphatic rings. The number of aromatic amines is 1. The zero-order chi connectivity index (χ0) is 13.2. The van der Waals surface area contributed by atoms with Gasteiger partial charge in [0.1, 0.15) is 5.82 Å². The van der Waals surface area contributed by atoms with E-state index in [1.807, 2.05) is 20.8 Å². The maximum absolute atomic E-state index is 11.8. The summed E-state index contributed by atoms with van der Waals surface area (Å²) >= 11 is 0. The lowest BCUT2D eigenvalue weighted by molar-refractivity contribution is 0.101. The molecule has 0 unspecified atom stereocenters. The smallest absolute Gasteiger partial charge is 0.286 e. The molecule has 0 aromatic carbocycles. The SMILES string of the molecule is CC(C)(C)c1nc(C(=O)Nc2nccnn2)n[nH]1. The number of carbonyl (C=O) groups is 1. The van der Waals surface area contributed by atoms with Crippen LogP contribution in [0.1, 0.15) is 37.2 Å². The maximum atomic E-state index is 11.8. The lowest BCUT2D eigenvalue weighted by Crippen LogP contribution is -2.17. The fraction of sp³-hybridized carbons (Fsp3) is 0.400. The molecular formula is C10H13N7O. The molecule has 0 saturated carbocycles. The van der Waals surface area contributed by atoms with Gasteiger partial charge in [0, 0.05) is 5.41 Å². The van der Waals surface area contributed by atoms with E-state index in [0.29, 0.717) is 5.82 Å². The lowest BCUT2D eigenvalue weighted by Gasteiger charge is -2.12. The number of aromatic nitrogens is 6. The molecule has 2 heterocycles. The summed E-state index contributed by atoms with van der Waals surface area (Å²) in [5.41, 5.74) is -0.198. The third kappa shape index (κ3) is 2.65. The quantitative estimate of drug-likeness (QED) is 0.801. The predicted octanol–water partition coefficient (Wildman–Crippen LogP) is 0.539. The standard InChI is InChI=1S/C10H13N7O/c1-10(2,3)8-13-6(15-16-8)7(18)14-9-11-4-5-12-17-9/h4-5H,1-3H3,(H,13,15,16)(H,11,14,17,18). The van der Waals surface area contributed by atoms with E-state index in [1.165, 1.54) is 12.4 Å². The summed E-state index contributed by atoms with van der Waals surface area (Å²) < 4.78 is 0. The zero-order valence-corrected chi connectivity index (χ0v) is 10.3.